The summed E-state index contributed by atoms with van der Waals surface area (Å²) in [7, 11) is 0. The van der Waals surface area contributed by atoms with Crippen LogP contribution in [0.15, 0.2) is 49.1 Å². The molecule has 4 rings (SSSR count). The van der Waals surface area contributed by atoms with Gasteiger partial charge in [0.15, 0.2) is 11.5 Å². The van der Waals surface area contributed by atoms with E-state index in [0.717, 1.165) is 43.2 Å². The zero-order chi connectivity index (χ0) is 16.4. The molecule has 124 valence electrons. The van der Waals surface area contributed by atoms with E-state index in [9.17, 15) is 5.11 Å². The third-order valence-corrected chi connectivity index (χ3v) is 4.48. The number of aliphatic hydroxyl groups is 1. The quantitative estimate of drug-likeness (QED) is 0.771. The zero-order valence-corrected chi connectivity index (χ0v) is 13.4. The summed E-state index contributed by atoms with van der Waals surface area (Å²) in [6, 6.07) is 9.83. The maximum absolute atomic E-state index is 10.4. The van der Waals surface area contributed by atoms with Crippen LogP contribution in [-0.2, 0) is 0 Å². The number of hydrogen-bond acceptors (Lipinski definition) is 6. The molecule has 1 unspecified atom stereocenters. The minimum absolute atomic E-state index is 0.446. The third-order valence-electron chi connectivity index (χ3n) is 4.48. The number of aromatic nitrogens is 4. The van der Waals surface area contributed by atoms with Crippen molar-refractivity contribution >= 4 is 11.5 Å². The second-order valence-electron chi connectivity index (χ2n) is 6.01. The third kappa shape index (κ3) is 2.95. The summed E-state index contributed by atoms with van der Waals surface area (Å²) in [5.41, 5.74) is 1.73. The molecule has 7 nitrogen and oxygen atoms in total. The van der Waals surface area contributed by atoms with Gasteiger partial charge in [-0.2, -0.15) is 9.61 Å². The number of hydrogen-bond donors (Lipinski definition) is 1. The van der Waals surface area contributed by atoms with E-state index in [0.29, 0.717) is 6.54 Å². The summed E-state index contributed by atoms with van der Waals surface area (Å²) in [4.78, 5) is 13.0. The standard InChI is InChI=1S/C17H20N6O/c24-15(14-4-2-1-3-5-14)12-21-6-8-22(9-7-21)17-11-18-10-16-19-13-20-23(16)17/h1-5,10-11,13,15,24H,6-9,12H2. The van der Waals surface area contributed by atoms with Gasteiger partial charge in [-0.3, -0.25) is 9.88 Å². The predicted octanol–water partition coefficient (Wildman–Crippen LogP) is 0.980. The van der Waals surface area contributed by atoms with Crippen molar-refractivity contribution in [3.8, 4) is 0 Å². The Hall–Kier alpha value is -2.51. The van der Waals surface area contributed by atoms with E-state index in [1.165, 1.54) is 0 Å². The maximum atomic E-state index is 10.4. The highest BCUT2D eigenvalue weighted by molar-refractivity contribution is 5.46. The molecule has 0 saturated carbocycles. The van der Waals surface area contributed by atoms with Crippen LogP contribution in [0.3, 0.4) is 0 Å². The average molecular weight is 324 g/mol. The van der Waals surface area contributed by atoms with Gasteiger partial charge < -0.3 is 10.0 Å². The van der Waals surface area contributed by atoms with Crippen LogP contribution >= 0.6 is 0 Å². The van der Waals surface area contributed by atoms with Crippen LogP contribution in [0.1, 0.15) is 11.7 Å². The highest BCUT2D eigenvalue weighted by Crippen LogP contribution is 2.18. The van der Waals surface area contributed by atoms with E-state index >= 15 is 0 Å². The summed E-state index contributed by atoms with van der Waals surface area (Å²) >= 11 is 0. The van der Waals surface area contributed by atoms with E-state index in [1.54, 1.807) is 12.5 Å². The predicted molar refractivity (Wildman–Crippen MR) is 90.8 cm³/mol. The lowest BCUT2D eigenvalue weighted by atomic mass is 10.1. The number of anilines is 1. The fraction of sp³-hybridized carbons (Fsp3) is 0.353. The van der Waals surface area contributed by atoms with Gasteiger partial charge in [0, 0.05) is 32.7 Å². The minimum atomic E-state index is -0.446. The summed E-state index contributed by atoms with van der Waals surface area (Å²) in [5, 5.41) is 14.7. The summed E-state index contributed by atoms with van der Waals surface area (Å²) < 4.78 is 1.82. The van der Waals surface area contributed by atoms with Gasteiger partial charge in [-0.25, -0.2) is 4.98 Å². The Labute approximate surface area is 140 Å². The number of rotatable bonds is 4. The molecule has 1 aliphatic heterocycles. The molecule has 3 aromatic rings. The van der Waals surface area contributed by atoms with Crippen LogP contribution in [0.4, 0.5) is 5.82 Å². The fourth-order valence-corrected chi connectivity index (χ4v) is 3.14. The van der Waals surface area contributed by atoms with Crippen LogP contribution in [0.5, 0.6) is 0 Å². The van der Waals surface area contributed by atoms with E-state index < -0.39 is 6.10 Å². The van der Waals surface area contributed by atoms with Crippen molar-refractivity contribution in [3.63, 3.8) is 0 Å². The van der Waals surface area contributed by atoms with Crippen molar-refractivity contribution in [2.45, 2.75) is 6.10 Å². The largest absolute Gasteiger partial charge is 0.387 e. The first-order valence-corrected chi connectivity index (χ1v) is 8.15. The molecule has 0 radical (unpaired) electrons. The molecule has 1 atom stereocenters. The normalized spacial score (nSPS) is 17.3. The van der Waals surface area contributed by atoms with Crippen LogP contribution in [0.2, 0.25) is 0 Å². The Balaban J connectivity index is 1.39. The molecule has 1 fully saturated rings. The van der Waals surface area contributed by atoms with E-state index in [4.69, 9.17) is 0 Å². The van der Waals surface area contributed by atoms with Gasteiger partial charge in [0.2, 0.25) is 0 Å². The Kier molecular flexibility index (Phi) is 4.10. The fourth-order valence-electron chi connectivity index (χ4n) is 3.14. The molecule has 1 aromatic carbocycles. The van der Waals surface area contributed by atoms with Crippen LogP contribution in [-0.4, -0.2) is 62.3 Å². The van der Waals surface area contributed by atoms with Crippen molar-refractivity contribution in [2.24, 2.45) is 0 Å². The molecule has 0 amide bonds. The molecule has 0 bridgehead atoms. The second-order valence-corrected chi connectivity index (χ2v) is 6.01. The van der Waals surface area contributed by atoms with Crippen LogP contribution < -0.4 is 4.90 Å². The van der Waals surface area contributed by atoms with E-state index in [-0.39, 0.29) is 0 Å². The number of nitrogens with zero attached hydrogens (tertiary/aromatic N) is 6. The Morgan fingerprint density at radius 1 is 1.04 bits per heavy atom. The summed E-state index contributed by atoms with van der Waals surface area (Å²) in [6.07, 6.45) is 4.64. The molecule has 24 heavy (non-hydrogen) atoms. The number of aliphatic hydroxyl groups excluding tert-OH is 1. The van der Waals surface area contributed by atoms with Gasteiger partial charge in [0.1, 0.15) is 6.33 Å². The topological polar surface area (TPSA) is 69.8 Å². The number of β-amino-alcohol motifs (C(OH)–C–C–N with tert-alkyl or cyclic N) is 1. The number of piperazine rings is 1. The van der Waals surface area contributed by atoms with Crippen molar-refractivity contribution in [1.82, 2.24) is 24.5 Å². The van der Waals surface area contributed by atoms with Crippen molar-refractivity contribution in [2.75, 3.05) is 37.6 Å². The first kappa shape index (κ1) is 15.0. The molecule has 0 aliphatic carbocycles. The van der Waals surface area contributed by atoms with Crippen LogP contribution in [0.25, 0.3) is 5.65 Å². The van der Waals surface area contributed by atoms with Gasteiger partial charge in [0.25, 0.3) is 0 Å². The molecule has 1 aliphatic rings. The molecule has 7 heteroatoms. The smallest absolute Gasteiger partial charge is 0.175 e. The van der Waals surface area contributed by atoms with Gasteiger partial charge in [-0.15, -0.1) is 0 Å². The summed E-state index contributed by atoms with van der Waals surface area (Å²) in [6.45, 7) is 4.21. The molecule has 0 spiro atoms. The monoisotopic (exact) mass is 324 g/mol. The molecule has 2 aromatic heterocycles. The lowest BCUT2D eigenvalue weighted by Crippen LogP contribution is -2.48. The zero-order valence-electron chi connectivity index (χ0n) is 13.4. The van der Waals surface area contributed by atoms with Crippen molar-refractivity contribution in [1.29, 1.82) is 0 Å². The number of benzene rings is 1. The van der Waals surface area contributed by atoms with Crippen molar-refractivity contribution in [3.05, 3.63) is 54.6 Å². The Morgan fingerprint density at radius 2 is 1.83 bits per heavy atom. The SMILES string of the molecule is OC(CN1CCN(c2cncc3ncnn23)CC1)c1ccccc1. The lowest BCUT2D eigenvalue weighted by molar-refractivity contribution is 0.109. The Morgan fingerprint density at radius 3 is 2.62 bits per heavy atom. The summed E-state index contributed by atoms with van der Waals surface area (Å²) in [5.74, 6) is 0.966. The average Bonchev–Trinajstić information content (AvgIpc) is 3.12. The van der Waals surface area contributed by atoms with E-state index in [2.05, 4.69) is 24.9 Å². The second kappa shape index (κ2) is 6.54. The van der Waals surface area contributed by atoms with Gasteiger partial charge in [-0.1, -0.05) is 30.3 Å². The molecular formula is C17H20N6O. The van der Waals surface area contributed by atoms with E-state index in [1.807, 2.05) is 41.0 Å². The van der Waals surface area contributed by atoms with Crippen LogP contribution in [0, 0.1) is 0 Å². The van der Waals surface area contributed by atoms with Gasteiger partial charge in [-0.05, 0) is 5.56 Å². The van der Waals surface area contributed by atoms with Gasteiger partial charge in [0.05, 0.1) is 18.5 Å². The van der Waals surface area contributed by atoms with Crippen molar-refractivity contribution < 1.29 is 5.11 Å². The molecule has 1 saturated heterocycles. The highest BCUT2D eigenvalue weighted by Gasteiger charge is 2.21. The highest BCUT2D eigenvalue weighted by atomic mass is 16.3. The first-order valence-electron chi connectivity index (χ1n) is 8.15. The Bertz CT molecular complexity index is 797. The molecule has 1 N–H and O–H groups in total. The van der Waals surface area contributed by atoms with Gasteiger partial charge >= 0.3 is 0 Å². The maximum Gasteiger partial charge on any atom is 0.175 e. The first-order chi connectivity index (χ1) is 11.8. The number of fused-ring (bicyclic) bond motifs is 1. The lowest BCUT2D eigenvalue weighted by Gasteiger charge is -2.36. The molecule has 3 heterocycles. The molecular weight excluding hydrogens is 304 g/mol. The minimum Gasteiger partial charge on any atom is -0.387 e.